The molecule has 2 aromatic carbocycles. The minimum atomic E-state index is -1.48. The number of aliphatic hydroxyl groups is 1. The van der Waals surface area contributed by atoms with Crippen molar-refractivity contribution >= 4 is 23.1 Å². The molecule has 0 spiro atoms. The lowest BCUT2D eigenvalue weighted by Crippen LogP contribution is -2.55. The summed E-state index contributed by atoms with van der Waals surface area (Å²) in [5.74, 6) is 6.60. The predicted molar refractivity (Wildman–Crippen MR) is 79.7 cm³/mol. The third-order valence-corrected chi connectivity index (χ3v) is 3.73. The Hall–Kier alpha value is -1.88. The molecular weight excluding hydrogens is 274 g/mol. The maximum Gasteiger partial charge on any atom is 0.207 e. The van der Waals surface area contributed by atoms with Gasteiger partial charge in [0.15, 0.2) is 0 Å². The van der Waals surface area contributed by atoms with Crippen LogP contribution in [0.2, 0.25) is 5.02 Å². The molecule has 3 rings (SSSR count). The number of hydrogen-bond donors (Lipinski definition) is 2. The van der Waals surface area contributed by atoms with Crippen molar-refractivity contribution in [3.05, 3.63) is 64.7 Å². The summed E-state index contributed by atoms with van der Waals surface area (Å²) in [5.41, 5.74) is 0.428. The van der Waals surface area contributed by atoms with E-state index in [1.807, 2.05) is 30.3 Å². The largest absolute Gasteiger partial charge is 0.362 e. The minimum Gasteiger partial charge on any atom is -0.362 e. The predicted octanol–water partition coefficient (Wildman–Crippen LogP) is 2.77. The fraction of sp³-hybridized carbons (Fsp3) is 0.133. The quantitative estimate of drug-likeness (QED) is 0.793. The standard InChI is InChI=1S/C15H14ClN3O/c1-10-18-14-8-7-12(16)9-13(14)15(20,19(10)17)11-5-3-2-4-6-11/h2-9,20H,17H2,1H3. The molecular formula is C15H14ClN3O. The number of nitrogens with two attached hydrogens (primary N) is 1. The molecule has 4 nitrogen and oxygen atoms in total. The van der Waals surface area contributed by atoms with E-state index in [0.29, 0.717) is 27.7 Å². The van der Waals surface area contributed by atoms with Gasteiger partial charge in [-0.1, -0.05) is 41.9 Å². The van der Waals surface area contributed by atoms with Gasteiger partial charge in [0.1, 0.15) is 5.84 Å². The summed E-state index contributed by atoms with van der Waals surface area (Å²) in [5, 5.41) is 13.0. The van der Waals surface area contributed by atoms with Gasteiger partial charge in [0.2, 0.25) is 5.72 Å². The molecule has 102 valence electrons. The van der Waals surface area contributed by atoms with Crippen molar-refractivity contribution < 1.29 is 5.11 Å². The highest BCUT2D eigenvalue weighted by Gasteiger charge is 2.42. The van der Waals surface area contributed by atoms with E-state index in [2.05, 4.69) is 4.99 Å². The molecule has 0 fully saturated rings. The first-order valence-corrected chi connectivity index (χ1v) is 6.59. The van der Waals surface area contributed by atoms with Gasteiger partial charge < -0.3 is 5.11 Å². The first kappa shape index (κ1) is 13.1. The molecule has 0 radical (unpaired) electrons. The van der Waals surface area contributed by atoms with Gasteiger partial charge >= 0.3 is 0 Å². The molecule has 0 aromatic heterocycles. The monoisotopic (exact) mass is 287 g/mol. The first-order chi connectivity index (χ1) is 9.53. The number of aliphatic imine (C=N–C) groups is 1. The molecule has 1 heterocycles. The molecule has 2 aromatic rings. The van der Waals surface area contributed by atoms with E-state index in [9.17, 15) is 5.11 Å². The summed E-state index contributed by atoms with van der Waals surface area (Å²) in [4.78, 5) is 4.39. The zero-order valence-electron chi connectivity index (χ0n) is 10.9. The van der Waals surface area contributed by atoms with Crippen LogP contribution in [-0.2, 0) is 5.72 Å². The number of benzene rings is 2. The third-order valence-electron chi connectivity index (χ3n) is 3.49. The maximum atomic E-state index is 11.2. The van der Waals surface area contributed by atoms with Gasteiger partial charge in [-0.2, -0.15) is 0 Å². The van der Waals surface area contributed by atoms with Crippen molar-refractivity contribution in [2.24, 2.45) is 10.8 Å². The van der Waals surface area contributed by atoms with Gasteiger partial charge in [0.05, 0.1) is 5.69 Å². The summed E-state index contributed by atoms with van der Waals surface area (Å²) >= 11 is 6.06. The van der Waals surface area contributed by atoms with Crippen LogP contribution in [-0.4, -0.2) is 16.0 Å². The number of nitrogens with zero attached hydrogens (tertiary/aromatic N) is 2. The Morgan fingerprint density at radius 1 is 1.20 bits per heavy atom. The van der Waals surface area contributed by atoms with Crippen molar-refractivity contribution in [1.82, 2.24) is 5.01 Å². The molecule has 1 atom stereocenters. The van der Waals surface area contributed by atoms with Gasteiger partial charge in [-0.25, -0.2) is 10.8 Å². The third kappa shape index (κ3) is 1.81. The zero-order valence-corrected chi connectivity index (χ0v) is 11.7. The number of hydrazine groups is 1. The lowest BCUT2D eigenvalue weighted by Gasteiger charge is -2.41. The van der Waals surface area contributed by atoms with Gasteiger partial charge in [0.25, 0.3) is 0 Å². The molecule has 0 saturated carbocycles. The Bertz CT molecular complexity index is 687. The van der Waals surface area contributed by atoms with E-state index in [4.69, 9.17) is 17.4 Å². The number of halogens is 1. The van der Waals surface area contributed by atoms with Gasteiger partial charge in [-0.3, -0.25) is 5.01 Å². The molecule has 5 heteroatoms. The number of hydrogen-bond acceptors (Lipinski definition) is 4. The Labute approximate surface area is 122 Å². The summed E-state index contributed by atoms with van der Waals surface area (Å²) in [6.07, 6.45) is 0. The van der Waals surface area contributed by atoms with Crippen LogP contribution in [0.4, 0.5) is 5.69 Å². The van der Waals surface area contributed by atoms with Crippen molar-refractivity contribution in [3.63, 3.8) is 0 Å². The maximum absolute atomic E-state index is 11.2. The Balaban J connectivity index is 2.30. The summed E-state index contributed by atoms with van der Waals surface area (Å²) in [6, 6.07) is 14.5. The van der Waals surface area contributed by atoms with Crippen LogP contribution < -0.4 is 5.84 Å². The van der Waals surface area contributed by atoms with Crippen molar-refractivity contribution in [2.45, 2.75) is 12.6 Å². The minimum absolute atomic E-state index is 0.529. The van der Waals surface area contributed by atoms with E-state index in [1.165, 1.54) is 5.01 Å². The molecule has 20 heavy (non-hydrogen) atoms. The van der Waals surface area contributed by atoms with Crippen LogP contribution in [0.1, 0.15) is 18.1 Å². The van der Waals surface area contributed by atoms with E-state index >= 15 is 0 Å². The van der Waals surface area contributed by atoms with Crippen LogP contribution >= 0.6 is 11.6 Å². The van der Waals surface area contributed by atoms with Crippen LogP contribution in [0.25, 0.3) is 0 Å². The molecule has 0 amide bonds. The summed E-state index contributed by atoms with van der Waals surface area (Å²) < 4.78 is 0. The van der Waals surface area contributed by atoms with E-state index in [0.717, 1.165) is 0 Å². The molecule has 3 N–H and O–H groups in total. The second kappa shape index (κ2) is 4.59. The first-order valence-electron chi connectivity index (χ1n) is 6.21. The smallest absolute Gasteiger partial charge is 0.207 e. The lowest BCUT2D eigenvalue weighted by molar-refractivity contribution is -0.0411. The highest BCUT2D eigenvalue weighted by molar-refractivity contribution is 6.30. The molecule has 0 aliphatic carbocycles. The molecule has 0 bridgehead atoms. The Kier molecular flexibility index (Phi) is 3.01. The summed E-state index contributed by atoms with van der Waals surface area (Å²) in [7, 11) is 0. The second-order valence-electron chi connectivity index (χ2n) is 4.73. The van der Waals surface area contributed by atoms with E-state index in [1.54, 1.807) is 25.1 Å². The second-order valence-corrected chi connectivity index (χ2v) is 5.17. The number of fused-ring (bicyclic) bond motifs is 1. The Morgan fingerprint density at radius 3 is 2.60 bits per heavy atom. The van der Waals surface area contributed by atoms with Gasteiger partial charge in [-0.05, 0) is 25.1 Å². The lowest BCUT2D eigenvalue weighted by atomic mass is 9.91. The average molecular weight is 288 g/mol. The molecule has 1 aliphatic heterocycles. The fourth-order valence-electron chi connectivity index (χ4n) is 2.44. The van der Waals surface area contributed by atoms with E-state index < -0.39 is 5.72 Å². The number of amidine groups is 1. The Morgan fingerprint density at radius 2 is 1.90 bits per heavy atom. The van der Waals surface area contributed by atoms with Crippen molar-refractivity contribution in [3.8, 4) is 0 Å². The zero-order chi connectivity index (χ0) is 14.3. The normalized spacial score (nSPS) is 21.4. The van der Waals surface area contributed by atoms with E-state index in [-0.39, 0.29) is 0 Å². The summed E-state index contributed by atoms with van der Waals surface area (Å²) in [6.45, 7) is 1.76. The highest BCUT2D eigenvalue weighted by atomic mass is 35.5. The fourth-order valence-corrected chi connectivity index (χ4v) is 2.61. The van der Waals surface area contributed by atoms with Crippen LogP contribution in [0.15, 0.2) is 53.5 Å². The van der Waals surface area contributed by atoms with Crippen LogP contribution in [0.5, 0.6) is 0 Å². The molecule has 0 saturated heterocycles. The van der Waals surface area contributed by atoms with Crippen LogP contribution in [0, 0.1) is 0 Å². The SMILES string of the molecule is CC1=Nc2ccc(Cl)cc2C(O)(c2ccccc2)N1N. The molecule has 1 aliphatic rings. The van der Waals surface area contributed by atoms with Crippen LogP contribution in [0.3, 0.4) is 0 Å². The molecule has 1 unspecified atom stereocenters. The highest BCUT2D eigenvalue weighted by Crippen LogP contribution is 2.41. The average Bonchev–Trinajstić information content (AvgIpc) is 2.47. The van der Waals surface area contributed by atoms with Crippen molar-refractivity contribution in [2.75, 3.05) is 0 Å². The topological polar surface area (TPSA) is 61.9 Å². The van der Waals surface area contributed by atoms with Gasteiger partial charge in [0, 0.05) is 16.1 Å². The number of rotatable bonds is 1. The van der Waals surface area contributed by atoms with Gasteiger partial charge in [-0.15, -0.1) is 0 Å². The van der Waals surface area contributed by atoms with Crippen molar-refractivity contribution in [1.29, 1.82) is 0 Å².